The number of hydrogen-bond donors (Lipinski definition) is 3. The third-order valence-corrected chi connectivity index (χ3v) is 7.07. The van der Waals surface area contributed by atoms with E-state index in [0.29, 0.717) is 11.0 Å². The highest BCUT2D eigenvalue weighted by Gasteiger charge is 2.58. The molecule has 1 saturated heterocycles. The smallest absolute Gasteiger partial charge is 0.459 e. The van der Waals surface area contributed by atoms with Crippen LogP contribution < -0.4 is 20.9 Å². The van der Waals surface area contributed by atoms with E-state index in [9.17, 15) is 24.1 Å². The van der Waals surface area contributed by atoms with E-state index in [0.717, 1.165) is 12.3 Å². The van der Waals surface area contributed by atoms with Gasteiger partial charge in [-0.3, -0.25) is 23.7 Å². The Labute approximate surface area is 209 Å². The predicted molar refractivity (Wildman–Crippen MR) is 125 cm³/mol. The van der Waals surface area contributed by atoms with Crippen LogP contribution in [0.3, 0.4) is 0 Å². The first-order chi connectivity index (χ1) is 17.0. The Hall–Kier alpha value is -2.54. The van der Waals surface area contributed by atoms with Crippen molar-refractivity contribution in [1.82, 2.24) is 14.6 Å². The average molecular weight is 550 g/mol. The topological polar surface area (TPSA) is 158 Å². The average Bonchev–Trinajstić information content (AvgIpc) is 3.05. The molecule has 0 aliphatic carbocycles. The molecule has 36 heavy (non-hydrogen) atoms. The van der Waals surface area contributed by atoms with Gasteiger partial charge >= 0.3 is 19.4 Å². The number of alkyl halides is 2. The molecule has 0 spiro atoms. The molecule has 1 aliphatic heterocycles. The minimum absolute atomic E-state index is 0.130. The third-order valence-electron chi connectivity index (χ3n) is 5.01. The van der Waals surface area contributed by atoms with E-state index in [2.05, 4.69) is 5.09 Å². The third kappa shape index (κ3) is 6.61. The van der Waals surface area contributed by atoms with Gasteiger partial charge in [0.25, 0.3) is 10.7 Å². The number of carbonyl (C=O) groups excluding carboxylic acids is 1. The molecule has 0 bridgehead atoms. The van der Waals surface area contributed by atoms with Crippen molar-refractivity contribution in [2.75, 3.05) is 13.2 Å². The number of aliphatic hydroxyl groups is 1. The number of nitrogens with one attached hydrogen (secondary N) is 2. The number of H-pyrrole nitrogens is 1. The van der Waals surface area contributed by atoms with Crippen LogP contribution in [0.1, 0.15) is 26.5 Å². The van der Waals surface area contributed by atoms with Gasteiger partial charge in [-0.2, -0.15) is 5.09 Å². The zero-order valence-corrected chi connectivity index (χ0v) is 21.0. The standard InChI is InChI=1S/C21H26ClFN3O9P/c1-3-11-32-18(29)13(2)25-36(31,35-14-7-5-4-6-8-14)33-12-15-17(28)21(22,23)19(34-15)26-10-9-16(27)24-20(26)30/h4-10,13,15,17,19,28H,3,11-12H2,1-2H3,(H,25,31)(H,24,27,30)/t13-,15+,17+,19?,21+,36?/m0/s1. The zero-order valence-electron chi connectivity index (χ0n) is 19.3. The van der Waals surface area contributed by atoms with Crippen molar-refractivity contribution in [3.63, 3.8) is 0 Å². The molecule has 3 rings (SSSR count). The highest BCUT2D eigenvalue weighted by molar-refractivity contribution is 7.52. The fourth-order valence-electron chi connectivity index (χ4n) is 3.22. The summed E-state index contributed by atoms with van der Waals surface area (Å²) in [5.74, 6) is -0.583. The molecule has 2 heterocycles. The minimum Gasteiger partial charge on any atom is -0.465 e. The summed E-state index contributed by atoms with van der Waals surface area (Å²) in [6, 6.07) is 7.71. The summed E-state index contributed by atoms with van der Waals surface area (Å²) in [4.78, 5) is 37.5. The molecule has 1 aliphatic rings. The van der Waals surface area contributed by atoms with E-state index in [1.54, 1.807) is 25.1 Å². The van der Waals surface area contributed by atoms with Gasteiger partial charge < -0.3 is 19.1 Å². The number of aromatic amines is 1. The molecule has 3 N–H and O–H groups in total. The van der Waals surface area contributed by atoms with Gasteiger partial charge in [-0.25, -0.2) is 13.8 Å². The Morgan fingerprint density at radius 1 is 1.36 bits per heavy atom. The van der Waals surface area contributed by atoms with E-state index >= 15 is 4.39 Å². The van der Waals surface area contributed by atoms with Crippen LogP contribution in [0.4, 0.5) is 4.39 Å². The second kappa shape index (κ2) is 11.7. The van der Waals surface area contributed by atoms with Crippen molar-refractivity contribution < 1.29 is 37.4 Å². The summed E-state index contributed by atoms with van der Waals surface area (Å²) in [6.07, 6.45) is -3.88. The normalized spacial score (nSPS) is 26.2. The quantitative estimate of drug-likeness (QED) is 0.214. The molecule has 15 heteroatoms. The number of rotatable bonds is 11. The second-order valence-electron chi connectivity index (χ2n) is 7.88. The molecule has 0 saturated carbocycles. The number of aromatic nitrogens is 2. The molecule has 12 nitrogen and oxygen atoms in total. The zero-order chi connectivity index (χ0) is 26.5. The lowest BCUT2D eigenvalue weighted by Crippen LogP contribution is -2.42. The van der Waals surface area contributed by atoms with Crippen molar-refractivity contribution in [1.29, 1.82) is 0 Å². The van der Waals surface area contributed by atoms with Crippen molar-refractivity contribution in [3.05, 3.63) is 63.4 Å². The summed E-state index contributed by atoms with van der Waals surface area (Å²) in [6.45, 7) is 2.62. The predicted octanol–water partition coefficient (Wildman–Crippen LogP) is 1.83. The number of halogens is 2. The molecule has 0 radical (unpaired) electrons. The Balaban J connectivity index is 1.78. The van der Waals surface area contributed by atoms with Gasteiger partial charge in [-0.15, -0.1) is 0 Å². The van der Waals surface area contributed by atoms with Crippen molar-refractivity contribution in [2.45, 2.75) is 49.9 Å². The molecular formula is C21H26ClFN3O9P. The van der Waals surface area contributed by atoms with Gasteiger partial charge in [0.05, 0.1) is 13.2 Å². The lowest BCUT2D eigenvalue weighted by molar-refractivity contribution is -0.145. The van der Waals surface area contributed by atoms with Gasteiger partial charge in [0.15, 0.2) is 6.23 Å². The summed E-state index contributed by atoms with van der Waals surface area (Å²) in [7, 11) is -4.34. The maximum Gasteiger partial charge on any atom is 0.459 e. The Morgan fingerprint density at radius 2 is 2.06 bits per heavy atom. The Kier molecular flexibility index (Phi) is 9.09. The highest BCUT2D eigenvalue weighted by atomic mass is 35.5. The van der Waals surface area contributed by atoms with Crippen LogP contribution in [0.2, 0.25) is 0 Å². The van der Waals surface area contributed by atoms with Crippen LogP contribution >= 0.6 is 19.3 Å². The van der Waals surface area contributed by atoms with Crippen molar-refractivity contribution >= 4 is 25.3 Å². The Bertz CT molecular complexity index is 1210. The van der Waals surface area contributed by atoms with Crippen LogP contribution in [0.25, 0.3) is 0 Å². The van der Waals surface area contributed by atoms with Crippen LogP contribution in [0.5, 0.6) is 5.75 Å². The summed E-state index contributed by atoms with van der Waals surface area (Å²) in [5.41, 5.74) is -1.76. The van der Waals surface area contributed by atoms with E-state index < -0.39 is 61.2 Å². The molecular weight excluding hydrogens is 524 g/mol. The maximum atomic E-state index is 15.2. The van der Waals surface area contributed by atoms with Gasteiger partial charge in [0, 0.05) is 12.3 Å². The SMILES string of the molecule is CCCOC(=O)[C@H](C)NP(=O)(OC[C@H]1OC(n2ccc(=O)[nH]c2=O)[C@@](F)(Cl)[C@@H]1O)Oc1ccccc1. The number of carbonyl (C=O) groups is 1. The Morgan fingerprint density at radius 3 is 2.69 bits per heavy atom. The fourth-order valence-corrected chi connectivity index (χ4v) is 5.02. The number of aliphatic hydroxyl groups excluding tert-OH is 1. The molecule has 198 valence electrons. The number of hydrogen-bond acceptors (Lipinski definition) is 9. The summed E-state index contributed by atoms with van der Waals surface area (Å²) >= 11 is 5.85. The summed E-state index contributed by atoms with van der Waals surface area (Å²) in [5, 5.41) is 9.86. The van der Waals surface area contributed by atoms with E-state index in [1.165, 1.54) is 19.1 Å². The first-order valence-electron chi connectivity index (χ1n) is 10.9. The van der Waals surface area contributed by atoms with E-state index in [-0.39, 0.29) is 12.4 Å². The maximum absolute atomic E-state index is 15.2. The monoisotopic (exact) mass is 549 g/mol. The van der Waals surface area contributed by atoms with Gasteiger partial charge in [0.1, 0.15) is 24.0 Å². The largest absolute Gasteiger partial charge is 0.465 e. The number of esters is 1. The first-order valence-corrected chi connectivity index (χ1v) is 12.9. The van der Waals surface area contributed by atoms with Crippen LogP contribution in [0, 0.1) is 0 Å². The number of nitrogens with zero attached hydrogens (tertiary/aromatic N) is 1. The number of benzene rings is 1. The molecule has 2 unspecified atom stereocenters. The number of ether oxygens (including phenoxy) is 2. The lowest BCUT2D eigenvalue weighted by Gasteiger charge is -2.24. The molecule has 6 atom stereocenters. The van der Waals surface area contributed by atoms with Crippen molar-refractivity contribution in [2.24, 2.45) is 0 Å². The molecule has 1 fully saturated rings. The lowest BCUT2D eigenvalue weighted by atomic mass is 10.1. The van der Waals surface area contributed by atoms with E-state index in [4.69, 9.17) is 30.1 Å². The molecule has 2 aromatic rings. The second-order valence-corrected chi connectivity index (χ2v) is 10.2. The van der Waals surface area contributed by atoms with Gasteiger partial charge in [-0.05, 0) is 25.5 Å². The molecule has 1 aromatic heterocycles. The van der Waals surface area contributed by atoms with E-state index in [1.807, 2.05) is 4.98 Å². The molecule has 1 aromatic carbocycles. The van der Waals surface area contributed by atoms with Crippen molar-refractivity contribution in [3.8, 4) is 5.75 Å². The number of para-hydroxylation sites is 1. The summed E-state index contributed by atoms with van der Waals surface area (Å²) < 4.78 is 50.7. The highest BCUT2D eigenvalue weighted by Crippen LogP contribution is 2.48. The fraction of sp³-hybridized carbons (Fsp3) is 0.476. The minimum atomic E-state index is -4.34. The van der Waals surface area contributed by atoms with Crippen LogP contribution in [-0.4, -0.2) is 57.2 Å². The van der Waals surface area contributed by atoms with Crippen LogP contribution in [-0.2, 0) is 23.4 Å². The first kappa shape index (κ1) is 28.0. The molecule has 0 amide bonds. The van der Waals surface area contributed by atoms with Crippen LogP contribution in [0.15, 0.2) is 52.2 Å². The van der Waals surface area contributed by atoms with Gasteiger partial charge in [0.2, 0.25) is 0 Å². The van der Waals surface area contributed by atoms with Gasteiger partial charge in [-0.1, -0.05) is 36.7 Å².